The molecule has 0 aliphatic carbocycles. The van der Waals surface area contributed by atoms with Crippen molar-refractivity contribution >= 4 is 6.03 Å². The van der Waals surface area contributed by atoms with Crippen molar-refractivity contribution in [2.24, 2.45) is 0 Å². The van der Waals surface area contributed by atoms with Gasteiger partial charge in [0.1, 0.15) is 0 Å². The Morgan fingerprint density at radius 1 is 1.25 bits per heavy atom. The van der Waals surface area contributed by atoms with Crippen molar-refractivity contribution in [3.63, 3.8) is 0 Å². The van der Waals surface area contributed by atoms with Gasteiger partial charge in [0, 0.05) is 12.7 Å². The second kappa shape index (κ2) is 9.03. The third-order valence-corrected chi connectivity index (χ3v) is 3.75. The number of pyridine rings is 1. The minimum absolute atomic E-state index is 0.239. The maximum absolute atomic E-state index is 12.2. The zero-order valence-electron chi connectivity index (χ0n) is 14.2. The predicted molar refractivity (Wildman–Crippen MR) is 94.7 cm³/mol. The number of carbonyl (C=O) groups is 1. The lowest BCUT2D eigenvalue weighted by Crippen LogP contribution is -2.41. The van der Waals surface area contributed by atoms with Gasteiger partial charge < -0.3 is 15.7 Å². The summed E-state index contributed by atoms with van der Waals surface area (Å²) in [6.07, 6.45) is 2.74. The van der Waals surface area contributed by atoms with Crippen LogP contribution in [0.1, 0.15) is 42.6 Å². The third-order valence-electron chi connectivity index (χ3n) is 3.75. The first kappa shape index (κ1) is 17.9. The molecule has 128 valence electrons. The van der Waals surface area contributed by atoms with Crippen molar-refractivity contribution < 1.29 is 9.90 Å². The van der Waals surface area contributed by atoms with Gasteiger partial charge in [-0.2, -0.15) is 0 Å². The molecule has 2 unspecified atom stereocenters. The number of aliphatic hydroxyl groups excluding tert-OH is 1. The fourth-order valence-corrected chi connectivity index (χ4v) is 2.55. The maximum Gasteiger partial charge on any atom is 0.315 e. The molecule has 1 aromatic carbocycles. The Bertz CT molecular complexity index is 646. The van der Waals surface area contributed by atoms with Gasteiger partial charge in [-0.25, -0.2) is 4.79 Å². The van der Waals surface area contributed by atoms with Crippen molar-refractivity contribution in [2.75, 3.05) is 6.54 Å². The van der Waals surface area contributed by atoms with Gasteiger partial charge in [0.2, 0.25) is 0 Å². The minimum atomic E-state index is -0.520. The first-order valence-corrected chi connectivity index (χ1v) is 8.30. The van der Waals surface area contributed by atoms with E-state index in [-0.39, 0.29) is 18.6 Å². The first-order chi connectivity index (χ1) is 11.6. The summed E-state index contributed by atoms with van der Waals surface area (Å²) in [5.74, 6) is 0. The molecular weight excluding hydrogens is 302 g/mol. The summed E-state index contributed by atoms with van der Waals surface area (Å²) in [6.45, 7) is 4.25. The van der Waals surface area contributed by atoms with E-state index in [0.717, 1.165) is 23.2 Å². The quantitative estimate of drug-likeness (QED) is 0.732. The van der Waals surface area contributed by atoms with Crippen molar-refractivity contribution in [1.82, 2.24) is 15.6 Å². The molecule has 0 aliphatic heterocycles. The number of aromatic nitrogens is 1. The number of carbonyl (C=O) groups excluding carboxylic acids is 1. The Hall–Kier alpha value is -2.40. The highest BCUT2D eigenvalue weighted by Gasteiger charge is 2.18. The number of urea groups is 1. The molecule has 0 spiro atoms. The standard InChI is InChI=1S/C19H25N3O2/c1-3-7-16(23)13-21-19(24)22-18(17-10-4-5-11-20-17)15-9-6-8-14(2)12-15/h4-6,8-12,16,18,23H,3,7,13H2,1-2H3,(H2,21,22,24). The normalized spacial score (nSPS) is 13.1. The molecule has 5 heteroatoms. The molecule has 2 rings (SSSR count). The highest BCUT2D eigenvalue weighted by molar-refractivity contribution is 5.75. The van der Waals surface area contributed by atoms with Crippen molar-refractivity contribution in [1.29, 1.82) is 0 Å². The van der Waals surface area contributed by atoms with E-state index in [1.165, 1.54) is 0 Å². The number of aliphatic hydroxyl groups is 1. The summed E-state index contributed by atoms with van der Waals surface area (Å²) >= 11 is 0. The van der Waals surface area contributed by atoms with E-state index < -0.39 is 6.10 Å². The molecular formula is C19H25N3O2. The summed E-state index contributed by atoms with van der Waals surface area (Å²) in [5.41, 5.74) is 2.86. The van der Waals surface area contributed by atoms with Gasteiger partial charge >= 0.3 is 6.03 Å². The van der Waals surface area contributed by atoms with E-state index in [1.807, 2.05) is 56.3 Å². The summed E-state index contributed by atoms with van der Waals surface area (Å²) < 4.78 is 0. The number of nitrogens with zero attached hydrogens (tertiary/aromatic N) is 1. The van der Waals surface area contributed by atoms with Gasteiger partial charge in [0.25, 0.3) is 0 Å². The molecule has 3 N–H and O–H groups in total. The summed E-state index contributed by atoms with van der Waals surface area (Å²) in [7, 11) is 0. The van der Waals surface area contributed by atoms with Crippen LogP contribution in [0.4, 0.5) is 4.79 Å². The van der Waals surface area contributed by atoms with Gasteiger partial charge in [0.05, 0.1) is 17.8 Å². The number of rotatable bonds is 7. The van der Waals surface area contributed by atoms with Crippen LogP contribution < -0.4 is 10.6 Å². The molecule has 2 aromatic rings. The van der Waals surface area contributed by atoms with E-state index >= 15 is 0 Å². The van der Waals surface area contributed by atoms with Crippen LogP contribution in [0.3, 0.4) is 0 Å². The molecule has 2 amide bonds. The number of benzene rings is 1. The molecule has 2 atom stereocenters. The highest BCUT2D eigenvalue weighted by atomic mass is 16.3. The van der Waals surface area contributed by atoms with Crippen LogP contribution in [0.15, 0.2) is 48.7 Å². The van der Waals surface area contributed by atoms with E-state index in [4.69, 9.17) is 0 Å². The molecule has 0 fully saturated rings. The van der Waals surface area contributed by atoms with Crippen LogP contribution in [0.2, 0.25) is 0 Å². The molecule has 1 aromatic heterocycles. The lowest BCUT2D eigenvalue weighted by Gasteiger charge is -2.20. The molecule has 0 saturated carbocycles. The van der Waals surface area contributed by atoms with Gasteiger partial charge in [0.15, 0.2) is 0 Å². The SMILES string of the molecule is CCCC(O)CNC(=O)NC(c1cccc(C)c1)c1ccccn1. The number of aryl methyl sites for hydroxylation is 1. The van der Waals surface area contributed by atoms with E-state index in [2.05, 4.69) is 15.6 Å². The minimum Gasteiger partial charge on any atom is -0.391 e. The van der Waals surface area contributed by atoms with Gasteiger partial charge in [-0.1, -0.05) is 49.2 Å². The lowest BCUT2D eigenvalue weighted by molar-refractivity contribution is 0.160. The first-order valence-electron chi connectivity index (χ1n) is 8.30. The third kappa shape index (κ3) is 5.35. The maximum atomic E-state index is 12.2. The molecule has 1 heterocycles. The van der Waals surface area contributed by atoms with Crippen molar-refractivity contribution in [3.05, 3.63) is 65.5 Å². The van der Waals surface area contributed by atoms with Crippen LogP contribution in [-0.4, -0.2) is 28.8 Å². The fraction of sp³-hybridized carbons (Fsp3) is 0.368. The second-order valence-electron chi connectivity index (χ2n) is 5.90. The molecule has 0 saturated heterocycles. The molecule has 0 bridgehead atoms. The second-order valence-corrected chi connectivity index (χ2v) is 5.90. The molecule has 24 heavy (non-hydrogen) atoms. The van der Waals surface area contributed by atoms with Crippen molar-refractivity contribution in [3.8, 4) is 0 Å². The molecule has 5 nitrogen and oxygen atoms in total. The Balaban J connectivity index is 2.11. The zero-order chi connectivity index (χ0) is 17.4. The summed E-state index contributed by atoms with van der Waals surface area (Å²) in [6, 6.07) is 13.0. The Morgan fingerprint density at radius 2 is 2.08 bits per heavy atom. The van der Waals surface area contributed by atoms with Crippen LogP contribution in [-0.2, 0) is 0 Å². The number of amides is 2. The average molecular weight is 327 g/mol. The summed E-state index contributed by atoms with van der Waals surface area (Å²) in [5, 5.41) is 15.4. The lowest BCUT2D eigenvalue weighted by atomic mass is 10.0. The van der Waals surface area contributed by atoms with Crippen LogP contribution in [0.5, 0.6) is 0 Å². The van der Waals surface area contributed by atoms with Crippen LogP contribution in [0, 0.1) is 6.92 Å². The van der Waals surface area contributed by atoms with Gasteiger partial charge in [-0.3, -0.25) is 4.98 Å². The van der Waals surface area contributed by atoms with Crippen LogP contribution >= 0.6 is 0 Å². The zero-order valence-corrected chi connectivity index (χ0v) is 14.2. The fourth-order valence-electron chi connectivity index (χ4n) is 2.55. The average Bonchev–Trinajstić information content (AvgIpc) is 2.59. The van der Waals surface area contributed by atoms with E-state index in [9.17, 15) is 9.90 Å². The predicted octanol–water partition coefficient (Wildman–Crippen LogP) is 2.94. The van der Waals surface area contributed by atoms with Crippen LogP contribution in [0.25, 0.3) is 0 Å². The topological polar surface area (TPSA) is 74.2 Å². The molecule has 0 radical (unpaired) electrons. The number of hydrogen-bond donors (Lipinski definition) is 3. The Labute approximate surface area is 143 Å². The smallest absolute Gasteiger partial charge is 0.315 e. The highest BCUT2D eigenvalue weighted by Crippen LogP contribution is 2.21. The Kier molecular flexibility index (Phi) is 6.75. The van der Waals surface area contributed by atoms with Crippen molar-refractivity contribution in [2.45, 2.75) is 38.8 Å². The monoisotopic (exact) mass is 327 g/mol. The summed E-state index contributed by atoms with van der Waals surface area (Å²) in [4.78, 5) is 16.6. The van der Waals surface area contributed by atoms with Gasteiger partial charge in [-0.05, 0) is 31.0 Å². The van der Waals surface area contributed by atoms with E-state index in [1.54, 1.807) is 6.20 Å². The number of hydrogen-bond acceptors (Lipinski definition) is 3. The number of nitrogens with one attached hydrogen (secondary N) is 2. The largest absolute Gasteiger partial charge is 0.391 e. The van der Waals surface area contributed by atoms with E-state index in [0.29, 0.717) is 6.42 Å². The van der Waals surface area contributed by atoms with Gasteiger partial charge in [-0.15, -0.1) is 0 Å². The molecule has 0 aliphatic rings. The Morgan fingerprint density at radius 3 is 2.75 bits per heavy atom.